The van der Waals surface area contributed by atoms with Crippen LogP contribution in [0, 0.1) is 12.7 Å². The van der Waals surface area contributed by atoms with E-state index in [-0.39, 0.29) is 28.5 Å². The van der Waals surface area contributed by atoms with Gasteiger partial charge < -0.3 is 19.9 Å². The van der Waals surface area contributed by atoms with E-state index in [0.29, 0.717) is 10.9 Å². The minimum absolute atomic E-state index is 0.0891. The number of benzene rings is 2. The summed E-state index contributed by atoms with van der Waals surface area (Å²) in [5, 5.41) is 12.1. The fourth-order valence-corrected chi connectivity index (χ4v) is 5.16. The van der Waals surface area contributed by atoms with Crippen LogP contribution in [-0.4, -0.2) is 46.2 Å². The van der Waals surface area contributed by atoms with Crippen molar-refractivity contribution in [2.75, 3.05) is 0 Å². The Hall–Kier alpha value is -4.45. The Bertz CT molecular complexity index is 1680. The molecule has 0 aliphatic rings. The lowest BCUT2D eigenvalue weighted by molar-refractivity contribution is -0.139. The van der Waals surface area contributed by atoms with E-state index in [9.17, 15) is 23.1 Å². The number of pyridine rings is 1. The summed E-state index contributed by atoms with van der Waals surface area (Å²) < 4.78 is 53.3. The average Bonchev–Trinajstić information content (AvgIpc) is 3.30. The largest absolute Gasteiger partial charge is 0.480 e. The number of aliphatic carboxylic acids is 1. The number of carbonyl (C=O) groups is 2. The van der Waals surface area contributed by atoms with Gasteiger partial charge in [-0.05, 0) is 69.7 Å². The second kappa shape index (κ2) is 11.0. The molecule has 0 bridgehead atoms. The van der Waals surface area contributed by atoms with E-state index >= 15 is 4.39 Å². The van der Waals surface area contributed by atoms with Crippen LogP contribution < -0.4 is 10.1 Å². The quantitative estimate of drug-likeness (QED) is 0.301. The number of aryl methyl sites for hydroxylation is 1. The molecular formula is C28H28FN3O7S. The van der Waals surface area contributed by atoms with Crippen LogP contribution in [0.2, 0.25) is 0 Å². The summed E-state index contributed by atoms with van der Waals surface area (Å²) >= 11 is 0. The van der Waals surface area contributed by atoms with Gasteiger partial charge in [0, 0.05) is 18.8 Å². The van der Waals surface area contributed by atoms with Crippen molar-refractivity contribution in [2.24, 2.45) is 0 Å². The van der Waals surface area contributed by atoms with Gasteiger partial charge in [-0.25, -0.2) is 31.4 Å². The zero-order valence-corrected chi connectivity index (χ0v) is 23.0. The standard InChI is InChI=1S/C28H28FN3O7S/c1-17-5-8-19(9-6-17)40(36,37)32-14-12-20-23(11-13-30-25(20)32)38-24-10-7-18(15-21(24)29)16-22(26(33)34)31-27(35)39-28(2,3)4/h5-15,22H,16H2,1-4H3,(H,31,35)(H,33,34)/t22-/m0/s1. The maximum Gasteiger partial charge on any atom is 0.408 e. The Kier molecular flexibility index (Phi) is 7.83. The molecule has 0 saturated heterocycles. The van der Waals surface area contributed by atoms with Crippen LogP contribution in [0.5, 0.6) is 11.5 Å². The molecule has 4 aromatic rings. The number of rotatable bonds is 8. The van der Waals surface area contributed by atoms with Crippen molar-refractivity contribution in [2.45, 2.75) is 50.7 Å². The number of halogens is 1. The topological polar surface area (TPSA) is 137 Å². The van der Waals surface area contributed by atoms with Gasteiger partial charge in [-0.15, -0.1) is 0 Å². The summed E-state index contributed by atoms with van der Waals surface area (Å²) in [6.07, 6.45) is 1.59. The lowest BCUT2D eigenvalue weighted by Gasteiger charge is -2.22. The van der Waals surface area contributed by atoms with Crippen LogP contribution in [0.1, 0.15) is 31.9 Å². The van der Waals surface area contributed by atoms with Gasteiger partial charge in [0.15, 0.2) is 17.2 Å². The van der Waals surface area contributed by atoms with Crippen molar-refractivity contribution in [3.8, 4) is 11.5 Å². The van der Waals surface area contributed by atoms with Crippen LogP contribution in [0.4, 0.5) is 9.18 Å². The average molecular weight is 570 g/mol. The SMILES string of the molecule is Cc1ccc(S(=O)(=O)n2ccc3c(Oc4ccc(C[C@H](NC(=O)OC(C)(C)C)C(=O)O)cc4F)ccnc32)cc1. The highest BCUT2D eigenvalue weighted by Crippen LogP contribution is 2.32. The van der Waals surface area contributed by atoms with Crippen LogP contribution in [-0.2, 0) is 26.0 Å². The minimum atomic E-state index is -3.94. The molecule has 0 aliphatic heterocycles. The van der Waals surface area contributed by atoms with E-state index in [4.69, 9.17) is 9.47 Å². The second-order valence-corrected chi connectivity index (χ2v) is 11.9. The molecular weight excluding hydrogens is 541 g/mol. The monoisotopic (exact) mass is 569 g/mol. The molecule has 0 unspecified atom stereocenters. The Morgan fingerprint density at radius 1 is 1.07 bits per heavy atom. The number of amides is 1. The number of aromatic nitrogens is 2. The van der Waals surface area contributed by atoms with Crippen molar-refractivity contribution >= 4 is 33.1 Å². The van der Waals surface area contributed by atoms with Crippen LogP contribution in [0.3, 0.4) is 0 Å². The first-order valence-corrected chi connectivity index (χ1v) is 13.7. The van der Waals surface area contributed by atoms with Crippen LogP contribution in [0.15, 0.2) is 71.9 Å². The molecule has 0 fully saturated rings. The first kappa shape index (κ1) is 28.6. The fraction of sp³-hybridized carbons (Fsp3) is 0.250. The first-order valence-electron chi connectivity index (χ1n) is 12.2. The number of ether oxygens (including phenoxy) is 2. The number of carboxylic acid groups (broad SMARTS) is 1. The third-order valence-corrected chi connectivity index (χ3v) is 7.42. The molecule has 1 atom stereocenters. The van der Waals surface area contributed by atoms with Crippen LogP contribution in [0.25, 0.3) is 11.0 Å². The molecule has 4 rings (SSSR count). The van der Waals surface area contributed by atoms with E-state index in [1.165, 1.54) is 48.8 Å². The summed E-state index contributed by atoms with van der Waals surface area (Å²) in [4.78, 5) is 28.0. The highest BCUT2D eigenvalue weighted by atomic mass is 32.2. The maximum atomic E-state index is 15.0. The number of hydrogen-bond donors (Lipinski definition) is 2. The summed E-state index contributed by atoms with van der Waals surface area (Å²) in [6, 6.07) is 11.9. The Balaban J connectivity index is 1.56. The normalized spacial score (nSPS) is 12.6. The summed E-state index contributed by atoms with van der Waals surface area (Å²) in [5.41, 5.74) is 0.495. The molecule has 10 nitrogen and oxygen atoms in total. The van der Waals surface area contributed by atoms with E-state index in [0.717, 1.165) is 15.6 Å². The minimum Gasteiger partial charge on any atom is -0.480 e. The van der Waals surface area contributed by atoms with Gasteiger partial charge in [-0.3, -0.25) is 0 Å². The molecule has 0 aliphatic carbocycles. The molecule has 2 heterocycles. The van der Waals surface area contributed by atoms with Gasteiger partial charge >= 0.3 is 12.1 Å². The second-order valence-electron chi connectivity index (χ2n) is 10.1. The first-order chi connectivity index (χ1) is 18.7. The van der Waals surface area contributed by atoms with Crippen molar-refractivity contribution in [1.82, 2.24) is 14.3 Å². The predicted octanol–water partition coefficient (Wildman–Crippen LogP) is 5.03. The zero-order valence-electron chi connectivity index (χ0n) is 22.2. The maximum absolute atomic E-state index is 15.0. The van der Waals surface area contributed by atoms with E-state index in [1.54, 1.807) is 32.9 Å². The summed E-state index contributed by atoms with van der Waals surface area (Å²) in [6.45, 7) is 6.78. The lowest BCUT2D eigenvalue weighted by Crippen LogP contribution is -2.44. The number of hydrogen-bond acceptors (Lipinski definition) is 7. The van der Waals surface area contributed by atoms with Gasteiger partial charge in [0.25, 0.3) is 10.0 Å². The molecule has 2 aromatic carbocycles. The Labute approximate surface area is 230 Å². The van der Waals surface area contributed by atoms with Crippen molar-refractivity contribution in [1.29, 1.82) is 0 Å². The summed E-state index contributed by atoms with van der Waals surface area (Å²) in [7, 11) is -3.94. The van der Waals surface area contributed by atoms with Crippen molar-refractivity contribution in [3.05, 3.63) is 83.9 Å². The predicted molar refractivity (Wildman–Crippen MR) is 144 cm³/mol. The number of nitrogens with zero attached hydrogens (tertiary/aromatic N) is 2. The Morgan fingerprint density at radius 2 is 1.77 bits per heavy atom. The number of carboxylic acids is 1. The lowest BCUT2D eigenvalue weighted by atomic mass is 10.1. The molecule has 2 N–H and O–H groups in total. The molecule has 40 heavy (non-hydrogen) atoms. The van der Waals surface area contributed by atoms with E-state index in [1.807, 2.05) is 6.92 Å². The number of alkyl carbamates (subject to hydrolysis) is 1. The molecule has 0 saturated carbocycles. The fourth-order valence-electron chi connectivity index (χ4n) is 3.86. The van der Waals surface area contributed by atoms with Gasteiger partial charge in [0.05, 0.1) is 10.3 Å². The molecule has 12 heteroatoms. The molecule has 1 amide bonds. The summed E-state index contributed by atoms with van der Waals surface area (Å²) in [5.74, 6) is -2.09. The number of carbonyl (C=O) groups excluding carboxylic acids is 1. The molecule has 210 valence electrons. The van der Waals surface area contributed by atoms with Crippen molar-refractivity contribution in [3.63, 3.8) is 0 Å². The van der Waals surface area contributed by atoms with Gasteiger partial charge in [-0.2, -0.15) is 0 Å². The molecule has 0 spiro atoms. The zero-order chi connectivity index (χ0) is 29.2. The molecule has 0 radical (unpaired) electrons. The number of fused-ring (bicyclic) bond motifs is 1. The third-order valence-electron chi connectivity index (χ3n) is 5.74. The highest BCUT2D eigenvalue weighted by molar-refractivity contribution is 7.90. The van der Waals surface area contributed by atoms with E-state index in [2.05, 4.69) is 10.3 Å². The van der Waals surface area contributed by atoms with Gasteiger partial charge in [0.2, 0.25) is 0 Å². The van der Waals surface area contributed by atoms with E-state index < -0.39 is 39.5 Å². The van der Waals surface area contributed by atoms with Gasteiger partial charge in [-0.1, -0.05) is 23.8 Å². The highest BCUT2D eigenvalue weighted by Gasteiger charge is 2.25. The number of nitrogens with one attached hydrogen (secondary N) is 1. The third kappa shape index (κ3) is 6.40. The van der Waals surface area contributed by atoms with Gasteiger partial charge in [0.1, 0.15) is 17.4 Å². The molecule has 2 aromatic heterocycles. The Morgan fingerprint density at radius 3 is 2.40 bits per heavy atom. The smallest absolute Gasteiger partial charge is 0.408 e. The van der Waals surface area contributed by atoms with Crippen LogP contribution >= 0.6 is 0 Å². The van der Waals surface area contributed by atoms with Crippen molar-refractivity contribution < 1.29 is 37.0 Å².